The molecule has 0 radical (unpaired) electrons. The highest BCUT2D eigenvalue weighted by atomic mass is 16.5. The summed E-state index contributed by atoms with van der Waals surface area (Å²) >= 11 is 0. The second-order valence-electron chi connectivity index (χ2n) is 7.38. The average Bonchev–Trinajstić information content (AvgIpc) is 2.95. The van der Waals surface area contributed by atoms with E-state index in [2.05, 4.69) is 56.5 Å². The van der Waals surface area contributed by atoms with Gasteiger partial charge in [-0.05, 0) is 87.1 Å². The lowest BCUT2D eigenvalue weighted by Gasteiger charge is -2.11. The van der Waals surface area contributed by atoms with E-state index >= 15 is 0 Å². The Bertz CT molecular complexity index is 928. The van der Waals surface area contributed by atoms with Crippen LogP contribution in [0.4, 0.5) is 0 Å². The van der Waals surface area contributed by atoms with Crippen LogP contribution in [0.5, 0.6) is 5.75 Å². The van der Waals surface area contributed by atoms with Gasteiger partial charge in [0.05, 0.1) is 24.2 Å². The van der Waals surface area contributed by atoms with Crippen molar-refractivity contribution >= 4 is 11.0 Å². The van der Waals surface area contributed by atoms with Gasteiger partial charge in [-0.15, -0.1) is 0 Å². The fraction of sp³-hybridized carbons (Fsp3) is 0.435. The van der Waals surface area contributed by atoms with Gasteiger partial charge in [-0.2, -0.15) is 0 Å². The van der Waals surface area contributed by atoms with Crippen molar-refractivity contribution in [3.8, 4) is 5.75 Å². The fourth-order valence-electron chi connectivity index (χ4n) is 3.34. The molecule has 0 bridgehead atoms. The summed E-state index contributed by atoms with van der Waals surface area (Å²) in [5, 5.41) is 9.38. The highest BCUT2D eigenvalue weighted by Gasteiger charge is 2.11. The molecule has 0 aliphatic rings. The molecule has 0 fully saturated rings. The van der Waals surface area contributed by atoms with E-state index < -0.39 is 0 Å². The molecule has 1 aromatic heterocycles. The lowest BCUT2D eigenvalue weighted by Crippen LogP contribution is -2.07. The number of imidazole rings is 1. The largest absolute Gasteiger partial charge is 0.494 e. The molecule has 1 heterocycles. The summed E-state index contributed by atoms with van der Waals surface area (Å²) in [4.78, 5) is 4.74. The number of benzene rings is 2. The van der Waals surface area contributed by atoms with Crippen LogP contribution in [-0.4, -0.2) is 27.9 Å². The molecule has 0 aliphatic heterocycles. The molecule has 3 rings (SSSR count). The van der Waals surface area contributed by atoms with Crippen molar-refractivity contribution in [1.29, 1.82) is 0 Å². The van der Waals surface area contributed by atoms with Gasteiger partial charge in [-0.1, -0.05) is 6.07 Å². The third-order valence-corrected chi connectivity index (χ3v) is 5.30. The molecule has 0 atom stereocenters. The molecule has 0 amide bonds. The average molecular weight is 367 g/mol. The van der Waals surface area contributed by atoms with Crippen LogP contribution in [0.2, 0.25) is 0 Å². The zero-order valence-corrected chi connectivity index (χ0v) is 16.9. The van der Waals surface area contributed by atoms with E-state index in [1.165, 1.54) is 22.3 Å². The number of nitrogens with zero attached hydrogens (tertiary/aromatic N) is 2. The van der Waals surface area contributed by atoms with E-state index in [4.69, 9.17) is 9.72 Å². The predicted molar refractivity (Wildman–Crippen MR) is 111 cm³/mol. The molecule has 0 saturated carbocycles. The smallest absolute Gasteiger partial charge is 0.119 e. The van der Waals surface area contributed by atoms with E-state index in [0.29, 0.717) is 13.0 Å². The van der Waals surface area contributed by atoms with Crippen LogP contribution in [0.3, 0.4) is 0 Å². The van der Waals surface area contributed by atoms with Crippen LogP contribution in [-0.2, 0) is 13.0 Å². The molecule has 4 nitrogen and oxygen atoms in total. The molecule has 0 aliphatic carbocycles. The Morgan fingerprint density at radius 3 is 2.41 bits per heavy atom. The number of aryl methyl sites for hydroxylation is 5. The molecule has 0 spiro atoms. The number of aliphatic hydroxyl groups is 1. The number of fused-ring (bicyclic) bond motifs is 1. The van der Waals surface area contributed by atoms with E-state index in [0.717, 1.165) is 42.0 Å². The summed E-state index contributed by atoms with van der Waals surface area (Å²) in [6.45, 7) is 10.2. The van der Waals surface area contributed by atoms with Gasteiger partial charge in [0.2, 0.25) is 0 Å². The molecule has 27 heavy (non-hydrogen) atoms. The predicted octanol–water partition coefficient (Wildman–Crippen LogP) is 4.66. The molecule has 0 saturated heterocycles. The first-order chi connectivity index (χ1) is 13.0. The Balaban J connectivity index is 1.62. The third-order valence-electron chi connectivity index (χ3n) is 5.30. The maximum atomic E-state index is 9.38. The standard InChI is InChI=1S/C23H30N2O2/c1-16-7-8-20(13-17(16)2)27-12-6-5-10-25-22-15-19(4)18(3)14-21(22)24-23(25)9-11-26/h7-8,13-15,26H,5-6,9-12H2,1-4H3. The van der Waals surface area contributed by atoms with Crippen molar-refractivity contribution in [2.24, 2.45) is 0 Å². The minimum atomic E-state index is 0.122. The van der Waals surface area contributed by atoms with Crippen LogP contribution in [0, 0.1) is 27.7 Å². The Labute approximate surface area is 161 Å². The lowest BCUT2D eigenvalue weighted by atomic mass is 10.1. The maximum absolute atomic E-state index is 9.38. The van der Waals surface area contributed by atoms with Gasteiger partial charge in [0.25, 0.3) is 0 Å². The topological polar surface area (TPSA) is 47.3 Å². The summed E-state index contributed by atoms with van der Waals surface area (Å²) in [6, 6.07) is 10.6. The third kappa shape index (κ3) is 4.51. The maximum Gasteiger partial charge on any atom is 0.119 e. The molecule has 3 aromatic rings. The van der Waals surface area contributed by atoms with Crippen LogP contribution < -0.4 is 4.74 Å². The highest BCUT2D eigenvalue weighted by Crippen LogP contribution is 2.22. The molecular weight excluding hydrogens is 336 g/mol. The second-order valence-corrected chi connectivity index (χ2v) is 7.38. The number of hydrogen-bond acceptors (Lipinski definition) is 3. The first kappa shape index (κ1) is 19.4. The van der Waals surface area contributed by atoms with Crippen LogP contribution in [0.15, 0.2) is 30.3 Å². The van der Waals surface area contributed by atoms with E-state index in [9.17, 15) is 5.11 Å². The monoisotopic (exact) mass is 366 g/mol. The second kappa shape index (κ2) is 8.57. The fourth-order valence-corrected chi connectivity index (χ4v) is 3.34. The summed E-state index contributed by atoms with van der Waals surface area (Å²) in [7, 11) is 0. The highest BCUT2D eigenvalue weighted by molar-refractivity contribution is 5.78. The number of rotatable bonds is 8. The Morgan fingerprint density at radius 1 is 0.926 bits per heavy atom. The van der Waals surface area contributed by atoms with Crippen molar-refractivity contribution in [3.05, 3.63) is 58.4 Å². The number of unbranched alkanes of at least 4 members (excludes halogenated alkanes) is 1. The minimum absolute atomic E-state index is 0.122. The quantitative estimate of drug-likeness (QED) is 0.590. The van der Waals surface area contributed by atoms with E-state index in [1.54, 1.807) is 0 Å². The molecule has 144 valence electrons. The number of ether oxygens (including phenoxy) is 1. The summed E-state index contributed by atoms with van der Waals surface area (Å²) < 4.78 is 8.15. The van der Waals surface area contributed by atoms with Crippen molar-refractivity contribution < 1.29 is 9.84 Å². The van der Waals surface area contributed by atoms with Gasteiger partial charge in [0.1, 0.15) is 11.6 Å². The SMILES string of the molecule is Cc1ccc(OCCCCn2c(CCO)nc3cc(C)c(C)cc32)cc1C. The summed E-state index contributed by atoms with van der Waals surface area (Å²) in [6.07, 6.45) is 2.59. The molecule has 0 unspecified atom stereocenters. The van der Waals surface area contributed by atoms with Crippen LogP contribution in [0.1, 0.15) is 40.9 Å². The lowest BCUT2D eigenvalue weighted by molar-refractivity contribution is 0.292. The zero-order valence-electron chi connectivity index (χ0n) is 16.9. The van der Waals surface area contributed by atoms with Gasteiger partial charge < -0.3 is 14.4 Å². The number of aliphatic hydroxyl groups excluding tert-OH is 1. The Morgan fingerprint density at radius 2 is 1.67 bits per heavy atom. The minimum Gasteiger partial charge on any atom is -0.494 e. The van der Waals surface area contributed by atoms with E-state index in [-0.39, 0.29) is 6.61 Å². The number of hydrogen-bond donors (Lipinski definition) is 1. The first-order valence-electron chi connectivity index (χ1n) is 9.77. The van der Waals surface area contributed by atoms with Crippen LogP contribution >= 0.6 is 0 Å². The van der Waals surface area contributed by atoms with Gasteiger partial charge >= 0.3 is 0 Å². The first-order valence-corrected chi connectivity index (χ1v) is 9.77. The van der Waals surface area contributed by atoms with Crippen LogP contribution in [0.25, 0.3) is 11.0 Å². The van der Waals surface area contributed by atoms with Crippen molar-refractivity contribution in [3.63, 3.8) is 0 Å². The van der Waals surface area contributed by atoms with Crippen molar-refractivity contribution in [1.82, 2.24) is 9.55 Å². The Hall–Kier alpha value is -2.33. The van der Waals surface area contributed by atoms with Crippen molar-refractivity contribution in [2.75, 3.05) is 13.2 Å². The molecule has 1 N–H and O–H groups in total. The normalized spacial score (nSPS) is 11.3. The zero-order chi connectivity index (χ0) is 19.4. The van der Waals surface area contributed by atoms with Gasteiger partial charge in [-0.25, -0.2) is 4.98 Å². The van der Waals surface area contributed by atoms with Gasteiger partial charge in [0, 0.05) is 13.0 Å². The summed E-state index contributed by atoms with van der Waals surface area (Å²) in [5.41, 5.74) is 7.26. The Kier molecular flexibility index (Phi) is 6.17. The van der Waals surface area contributed by atoms with Gasteiger partial charge in [-0.3, -0.25) is 0 Å². The van der Waals surface area contributed by atoms with Crippen molar-refractivity contribution in [2.45, 2.75) is 53.5 Å². The molecular formula is C23H30N2O2. The number of aromatic nitrogens is 2. The summed E-state index contributed by atoms with van der Waals surface area (Å²) in [5.74, 6) is 1.91. The molecule has 2 aromatic carbocycles. The van der Waals surface area contributed by atoms with E-state index in [1.807, 2.05) is 6.07 Å². The molecule has 4 heteroatoms. The van der Waals surface area contributed by atoms with Gasteiger partial charge in [0.15, 0.2) is 0 Å².